The van der Waals surface area contributed by atoms with Crippen molar-refractivity contribution in [1.29, 1.82) is 0 Å². The van der Waals surface area contributed by atoms with Crippen molar-refractivity contribution in [3.63, 3.8) is 0 Å². The smallest absolute Gasteiger partial charge is 0.174 e. The van der Waals surface area contributed by atoms with Gasteiger partial charge >= 0.3 is 0 Å². The normalized spacial score (nSPS) is 11.6. The molecule has 7 heteroatoms. The van der Waals surface area contributed by atoms with Gasteiger partial charge in [-0.15, -0.1) is 10.2 Å². The first-order chi connectivity index (χ1) is 11.2. The van der Waals surface area contributed by atoms with Gasteiger partial charge in [-0.25, -0.2) is 9.67 Å². The van der Waals surface area contributed by atoms with Crippen LogP contribution in [0, 0.1) is 6.92 Å². The second-order valence-corrected chi connectivity index (χ2v) is 5.97. The molecular weight excluding hydrogens is 312 g/mol. The van der Waals surface area contributed by atoms with Crippen LogP contribution in [0.4, 0.5) is 0 Å². The topological polar surface area (TPSA) is 60.9 Å². The number of aryl methyl sites for hydroxylation is 2. The van der Waals surface area contributed by atoms with Crippen LogP contribution in [0.3, 0.4) is 0 Å². The van der Waals surface area contributed by atoms with Crippen molar-refractivity contribution in [3.8, 4) is 5.69 Å². The molecule has 0 spiro atoms. The van der Waals surface area contributed by atoms with Gasteiger partial charge in [0.05, 0.1) is 17.3 Å². The second-order valence-electron chi connectivity index (χ2n) is 5.53. The van der Waals surface area contributed by atoms with Gasteiger partial charge in [0, 0.05) is 11.4 Å². The molecule has 0 aliphatic rings. The fourth-order valence-electron chi connectivity index (χ4n) is 2.75. The van der Waals surface area contributed by atoms with Crippen LogP contribution in [0.15, 0.2) is 30.7 Å². The van der Waals surface area contributed by atoms with Crippen molar-refractivity contribution < 1.29 is 0 Å². The van der Waals surface area contributed by atoms with E-state index >= 15 is 0 Å². The number of benzene rings is 1. The Morgan fingerprint density at radius 3 is 2.87 bits per heavy atom. The van der Waals surface area contributed by atoms with Gasteiger partial charge in [0.15, 0.2) is 11.3 Å². The lowest BCUT2D eigenvalue weighted by atomic mass is 10.2. The van der Waals surface area contributed by atoms with Crippen molar-refractivity contribution >= 4 is 28.3 Å². The van der Waals surface area contributed by atoms with Crippen molar-refractivity contribution in [2.45, 2.75) is 26.7 Å². The molecule has 0 aliphatic carbocycles. The first kappa shape index (κ1) is 14.1. The van der Waals surface area contributed by atoms with E-state index in [2.05, 4.69) is 27.2 Å². The summed E-state index contributed by atoms with van der Waals surface area (Å²) in [7, 11) is 0. The van der Waals surface area contributed by atoms with Crippen LogP contribution >= 0.6 is 11.6 Å². The molecule has 0 unspecified atom stereocenters. The predicted octanol–water partition coefficient (Wildman–Crippen LogP) is 3.38. The van der Waals surface area contributed by atoms with Crippen LogP contribution in [0.5, 0.6) is 0 Å². The van der Waals surface area contributed by atoms with E-state index in [0.717, 1.165) is 46.6 Å². The van der Waals surface area contributed by atoms with Gasteiger partial charge in [0.2, 0.25) is 0 Å². The maximum atomic E-state index is 6.13. The Morgan fingerprint density at radius 2 is 2.04 bits per heavy atom. The van der Waals surface area contributed by atoms with Crippen LogP contribution in [0.2, 0.25) is 5.02 Å². The lowest BCUT2D eigenvalue weighted by Gasteiger charge is -2.07. The standard InChI is InChI=1S/C16H15ClN6/c1-3-4-14-20-21-16-12-8-19-23(15(12)18-9-22(14)16)13-7-11(17)6-5-10(13)2/h5-9H,3-4H2,1-2H3. The summed E-state index contributed by atoms with van der Waals surface area (Å²) in [4.78, 5) is 4.57. The van der Waals surface area contributed by atoms with E-state index in [4.69, 9.17) is 11.6 Å². The molecule has 0 N–H and O–H groups in total. The first-order valence-corrected chi connectivity index (χ1v) is 7.89. The Kier molecular flexibility index (Phi) is 3.27. The third-order valence-electron chi connectivity index (χ3n) is 3.92. The van der Waals surface area contributed by atoms with Crippen LogP contribution in [-0.2, 0) is 6.42 Å². The molecule has 0 fully saturated rings. The maximum absolute atomic E-state index is 6.13. The summed E-state index contributed by atoms with van der Waals surface area (Å²) in [6.45, 7) is 4.14. The van der Waals surface area contributed by atoms with Gasteiger partial charge in [0.1, 0.15) is 12.2 Å². The highest BCUT2D eigenvalue weighted by Crippen LogP contribution is 2.24. The number of halogens is 1. The Hall–Kier alpha value is -2.47. The number of hydrogen-bond donors (Lipinski definition) is 0. The zero-order chi connectivity index (χ0) is 16.0. The number of rotatable bonds is 3. The Bertz CT molecular complexity index is 1020. The lowest BCUT2D eigenvalue weighted by Crippen LogP contribution is -2.01. The summed E-state index contributed by atoms with van der Waals surface area (Å²) in [5.41, 5.74) is 3.52. The first-order valence-electron chi connectivity index (χ1n) is 7.52. The predicted molar refractivity (Wildman–Crippen MR) is 89.2 cm³/mol. The third kappa shape index (κ3) is 2.17. The SMILES string of the molecule is CCCc1nnc2c3cnn(-c4cc(Cl)ccc4C)c3ncn12. The highest BCUT2D eigenvalue weighted by molar-refractivity contribution is 6.30. The van der Waals surface area contributed by atoms with E-state index < -0.39 is 0 Å². The van der Waals surface area contributed by atoms with Crippen LogP contribution in [-0.4, -0.2) is 29.4 Å². The highest BCUT2D eigenvalue weighted by Gasteiger charge is 2.15. The maximum Gasteiger partial charge on any atom is 0.174 e. The van der Waals surface area contributed by atoms with Gasteiger partial charge in [0.25, 0.3) is 0 Å². The number of hydrogen-bond acceptors (Lipinski definition) is 4. The van der Waals surface area contributed by atoms with Crippen molar-refractivity contribution in [2.75, 3.05) is 0 Å². The third-order valence-corrected chi connectivity index (χ3v) is 4.15. The van der Waals surface area contributed by atoms with E-state index in [0.29, 0.717) is 5.02 Å². The van der Waals surface area contributed by atoms with Crippen LogP contribution in [0.1, 0.15) is 24.7 Å². The number of nitrogens with zero attached hydrogens (tertiary/aromatic N) is 6. The molecule has 0 saturated carbocycles. The molecule has 3 aromatic heterocycles. The van der Waals surface area contributed by atoms with Gasteiger partial charge in [-0.05, 0) is 31.0 Å². The quantitative estimate of drug-likeness (QED) is 0.579. The van der Waals surface area contributed by atoms with Crippen molar-refractivity contribution in [1.82, 2.24) is 29.4 Å². The van der Waals surface area contributed by atoms with E-state index in [9.17, 15) is 0 Å². The summed E-state index contributed by atoms with van der Waals surface area (Å²) >= 11 is 6.13. The minimum atomic E-state index is 0.669. The fraction of sp³-hybridized carbons (Fsp3) is 0.250. The molecule has 116 valence electrons. The fourth-order valence-corrected chi connectivity index (χ4v) is 2.91. The van der Waals surface area contributed by atoms with Crippen molar-refractivity contribution in [3.05, 3.63) is 47.1 Å². The number of fused-ring (bicyclic) bond motifs is 3. The molecule has 0 radical (unpaired) electrons. The summed E-state index contributed by atoms with van der Waals surface area (Å²) in [6, 6.07) is 5.73. The van der Waals surface area contributed by atoms with E-state index in [-0.39, 0.29) is 0 Å². The minimum Gasteiger partial charge on any atom is -0.269 e. The molecule has 4 rings (SSSR count). The Balaban J connectivity index is 1.97. The van der Waals surface area contributed by atoms with E-state index in [1.165, 1.54) is 0 Å². The molecule has 0 amide bonds. The largest absolute Gasteiger partial charge is 0.269 e. The monoisotopic (exact) mass is 326 g/mol. The van der Waals surface area contributed by atoms with E-state index in [1.54, 1.807) is 17.2 Å². The average molecular weight is 327 g/mol. The highest BCUT2D eigenvalue weighted by atomic mass is 35.5. The molecule has 0 saturated heterocycles. The molecular formula is C16H15ClN6. The molecule has 3 heterocycles. The van der Waals surface area contributed by atoms with Crippen LogP contribution in [0.25, 0.3) is 22.4 Å². The lowest BCUT2D eigenvalue weighted by molar-refractivity contribution is 0.811. The van der Waals surface area contributed by atoms with Gasteiger partial charge in [-0.1, -0.05) is 24.6 Å². The van der Waals surface area contributed by atoms with Gasteiger partial charge in [-0.2, -0.15) is 5.10 Å². The zero-order valence-electron chi connectivity index (χ0n) is 12.9. The average Bonchev–Trinajstić information content (AvgIpc) is 3.14. The van der Waals surface area contributed by atoms with Crippen molar-refractivity contribution in [2.24, 2.45) is 0 Å². The molecule has 4 aromatic rings. The van der Waals surface area contributed by atoms with E-state index in [1.807, 2.05) is 29.5 Å². The summed E-state index contributed by atoms with van der Waals surface area (Å²) < 4.78 is 3.73. The Labute approximate surface area is 137 Å². The van der Waals surface area contributed by atoms with Crippen LogP contribution < -0.4 is 0 Å². The summed E-state index contributed by atoms with van der Waals surface area (Å²) in [5, 5.41) is 14.6. The van der Waals surface area contributed by atoms with Gasteiger partial charge in [-0.3, -0.25) is 4.40 Å². The zero-order valence-corrected chi connectivity index (χ0v) is 13.6. The molecule has 0 bridgehead atoms. The second kappa shape index (κ2) is 5.31. The number of aromatic nitrogens is 6. The molecule has 1 aromatic carbocycles. The minimum absolute atomic E-state index is 0.669. The summed E-state index contributed by atoms with van der Waals surface area (Å²) in [6.07, 6.45) is 5.43. The van der Waals surface area contributed by atoms with Gasteiger partial charge < -0.3 is 0 Å². The Morgan fingerprint density at radius 1 is 1.17 bits per heavy atom. The molecule has 0 aliphatic heterocycles. The molecule has 6 nitrogen and oxygen atoms in total. The molecule has 0 atom stereocenters. The molecule has 23 heavy (non-hydrogen) atoms. The summed E-state index contributed by atoms with van der Waals surface area (Å²) in [5.74, 6) is 0.920.